The van der Waals surface area contributed by atoms with Crippen LogP contribution < -0.4 is 4.57 Å². The van der Waals surface area contributed by atoms with Crippen LogP contribution in [-0.2, 0) is 25.9 Å². The van der Waals surface area contributed by atoms with E-state index in [2.05, 4.69) is 96.8 Å². The van der Waals surface area contributed by atoms with Gasteiger partial charge in [-0.1, -0.05) is 171 Å². The van der Waals surface area contributed by atoms with Crippen LogP contribution in [0.25, 0.3) is 0 Å². The van der Waals surface area contributed by atoms with Crippen molar-refractivity contribution < 1.29 is 4.57 Å². The summed E-state index contributed by atoms with van der Waals surface area (Å²) in [6.45, 7) is 9.32. The largest absolute Gasteiger partial charge is 0.261 e. The van der Waals surface area contributed by atoms with Gasteiger partial charge in [-0.2, -0.15) is 0 Å². The maximum absolute atomic E-state index is 2.73. The zero-order valence-corrected chi connectivity index (χ0v) is 28.4. The monoisotopic (exact) mass is 586 g/mol. The fraction of sp³-hybridized carbons (Fsp3) is 0.634. The Morgan fingerprint density at radius 1 is 0.581 bits per heavy atom. The highest BCUT2D eigenvalue weighted by molar-refractivity contribution is 5.22. The van der Waals surface area contributed by atoms with E-state index < -0.39 is 0 Å². The molecule has 0 spiro atoms. The highest BCUT2D eigenvalue weighted by atomic mass is 15.2. The fourth-order valence-electron chi connectivity index (χ4n) is 6.64. The molecule has 1 unspecified atom stereocenters. The van der Waals surface area contributed by atoms with Gasteiger partial charge in [-0.3, -0.25) is 0 Å². The van der Waals surface area contributed by atoms with Crippen LogP contribution in [0.2, 0.25) is 0 Å². The second kappa shape index (κ2) is 22.2. The number of nitrogens with zero attached hydrogens (tertiary/aromatic N) is 2. The lowest BCUT2D eigenvalue weighted by Crippen LogP contribution is -2.37. The number of unbranched alkanes of at least 4 members (excludes halogenated alkanes) is 16. The van der Waals surface area contributed by atoms with E-state index in [9.17, 15) is 0 Å². The van der Waals surface area contributed by atoms with Crippen molar-refractivity contribution in [1.82, 2.24) is 4.57 Å². The Balaban J connectivity index is 1.61. The maximum Gasteiger partial charge on any atom is 0.261 e. The van der Waals surface area contributed by atoms with Gasteiger partial charge >= 0.3 is 0 Å². The van der Waals surface area contributed by atoms with Crippen molar-refractivity contribution in [3.63, 3.8) is 0 Å². The lowest BCUT2D eigenvalue weighted by molar-refractivity contribution is -0.704. The Morgan fingerprint density at radius 2 is 1.07 bits per heavy atom. The lowest BCUT2D eigenvalue weighted by atomic mass is 9.96. The average molecular weight is 586 g/mol. The Labute approximate surface area is 266 Å². The van der Waals surface area contributed by atoms with Crippen molar-refractivity contribution in [2.24, 2.45) is 0 Å². The van der Waals surface area contributed by atoms with E-state index in [-0.39, 0.29) is 0 Å². The quantitative estimate of drug-likeness (QED) is 0.0690. The third-order valence-corrected chi connectivity index (χ3v) is 9.37. The summed E-state index contributed by atoms with van der Waals surface area (Å²) in [5, 5.41) is 0. The molecule has 3 aromatic rings. The Hall–Kier alpha value is -2.35. The van der Waals surface area contributed by atoms with Crippen molar-refractivity contribution in [1.29, 1.82) is 0 Å². The molecule has 3 rings (SSSR count). The Bertz CT molecular complexity index is 1070. The smallest absolute Gasteiger partial charge is 0.234 e. The number of imidazole rings is 1. The molecule has 0 saturated carbocycles. The molecule has 0 saturated heterocycles. The van der Waals surface area contributed by atoms with Crippen LogP contribution >= 0.6 is 0 Å². The second-order valence-corrected chi connectivity index (χ2v) is 13.2. The van der Waals surface area contributed by atoms with Crippen LogP contribution in [0.15, 0.2) is 66.9 Å². The number of aryl methyl sites for hydroxylation is 1. The predicted molar refractivity (Wildman–Crippen MR) is 187 cm³/mol. The first kappa shape index (κ1) is 35.1. The molecule has 0 bridgehead atoms. The van der Waals surface area contributed by atoms with Crippen LogP contribution in [-0.4, -0.2) is 4.57 Å². The molecule has 0 N–H and O–H groups in total. The summed E-state index contributed by atoms with van der Waals surface area (Å²) in [5.41, 5.74) is 4.40. The summed E-state index contributed by atoms with van der Waals surface area (Å²) < 4.78 is 5.37. The van der Waals surface area contributed by atoms with Gasteiger partial charge in [0.1, 0.15) is 11.9 Å². The minimum atomic E-state index is 0.518. The van der Waals surface area contributed by atoms with E-state index in [0.29, 0.717) is 5.92 Å². The van der Waals surface area contributed by atoms with Gasteiger partial charge in [-0.05, 0) is 42.7 Å². The molecule has 2 aromatic carbocycles. The molecule has 0 fully saturated rings. The summed E-state index contributed by atoms with van der Waals surface area (Å²) in [6.07, 6.45) is 29.6. The molecule has 0 aliphatic heterocycles. The molecule has 0 aliphatic rings. The van der Waals surface area contributed by atoms with Crippen molar-refractivity contribution >= 4 is 0 Å². The lowest BCUT2D eigenvalue weighted by Gasteiger charge is -2.12. The third kappa shape index (κ3) is 13.9. The summed E-state index contributed by atoms with van der Waals surface area (Å²) in [4.78, 5) is 0. The molecule has 1 atom stereocenters. The highest BCUT2D eigenvalue weighted by Crippen LogP contribution is 2.23. The maximum atomic E-state index is 2.73. The van der Waals surface area contributed by atoms with E-state index in [1.165, 1.54) is 138 Å². The van der Waals surface area contributed by atoms with Crippen LogP contribution in [0.4, 0.5) is 0 Å². The van der Waals surface area contributed by atoms with E-state index in [0.717, 1.165) is 25.9 Å². The summed E-state index contributed by atoms with van der Waals surface area (Å²) in [5.74, 6) is 2.03. The van der Waals surface area contributed by atoms with Crippen molar-refractivity contribution in [3.8, 4) is 0 Å². The molecule has 43 heavy (non-hydrogen) atoms. The van der Waals surface area contributed by atoms with E-state index in [4.69, 9.17) is 0 Å². The molecule has 0 amide bonds. The number of rotatable bonds is 25. The molecular formula is C41H65N2+. The van der Waals surface area contributed by atoms with Gasteiger partial charge in [0.2, 0.25) is 0 Å². The zero-order chi connectivity index (χ0) is 30.4. The third-order valence-electron chi connectivity index (χ3n) is 9.37. The standard InChI is InChI=1S/C41H65N2/c1-4-6-8-10-11-12-13-14-15-16-17-19-27-33-43-40(34-37(3)39-30-24-21-25-31-39)36-42(32-26-18-9-7-5-2)41(43)35-38-28-22-20-23-29-38/h20-25,28-31,36-37H,4-19,26-27,32-35H2,1-3H3/q+1. The van der Waals surface area contributed by atoms with Crippen LogP contribution in [0.1, 0.15) is 165 Å². The molecule has 0 aliphatic carbocycles. The Morgan fingerprint density at radius 3 is 1.63 bits per heavy atom. The molecule has 1 heterocycles. The van der Waals surface area contributed by atoms with E-state index in [1.807, 2.05) is 0 Å². The molecule has 0 radical (unpaired) electrons. The topological polar surface area (TPSA) is 8.81 Å². The Kier molecular flexibility index (Phi) is 18.1. The second-order valence-electron chi connectivity index (χ2n) is 13.2. The summed E-state index contributed by atoms with van der Waals surface area (Å²) in [6, 6.07) is 22.3. The number of aromatic nitrogens is 2. The average Bonchev–Trinajstić information content (AvgIpc) is 3.35. The van der Waals surface area contributed by atoms with Crippen LogP contribution in [0, 0.1) is 0 Å². The predicted octanol–water partition coefficient (Wildman–Crippen LogP) is 11.8. The summed E-state index contributed by atoms with van der Waals surface area (Å²) >= 11 is 0. The van der Waals surface area contributed by atoms with Gasteiger partial charge < -0.3 is 0 Å². The van der Waals surface area contributed by atoms with Crippen molar-refractivity contribution in [3.05, 3.63) is 89.5 Å². The molecule has 2 nitrogen and oxygen atoms in total. The highest BCUT2D eigenvalue weighted by Gasteiger charge is 2.25. The van der Waals surface area contributed by atoms with Crippen molar-refractivity contribution in [2.75, 3.05) is 0 Å². The molecule has 1 aromatic heterocycles. The first-order valence-electron chi connectivity index (χ1n) is 18.4. The number of benzene rings is 2. The van der Waals surface area contributed by atoms with E-state index >= 15 is 0 Å². The molecule has 2 heteroatoms. The van der Waals surface area contributed by atoms with Gasteiger partial charge in [-0.25, -0.2) is 9.13 Å². The minimum absolute atomic E-state index is 0.518. The number of hydrogen-bond acceptors (Lipinski definition) is 0. The van der Waals surface area contributed by atoms with Gasteiger partial charge in [-0.15, -0.1) is 0 Å². The van der Waals surface area contributed by atoms with Crippen LogP contribution in [0.3, 0.4) is 0 Å². The van der Waals surface area contributed by atoms with Gasteiger partial charge in [0.25, 0.3) is 5.82 Å². The zero-order valence-electron chi connectivity index (χ0n) is 28.4. The first-order chi connectivity index (χ1) is 21.2. The normalized spacial score (nSPS) is 12.2. The van der Waals surface area contributed by atoms with Crippen molar-refractivity contribution in [2.45, 2.75) is 168 Å². The first-order valence-corrected chi connectivity index (χ1v) is 18.4. The van der Waals surface area contributed by atoms with Crippen LogP contribution in [0.5, 0.6) is 0 Å². The van der Waals surface area contributed by atoms with E-state index in [1.54, 1.807) is 0 Å². The fourth-order valence-corrected chi connectivity index (χ4v) is 6.64. The minimum Gasteiger partial charge on any atom is -0.234 e. The van der Waals surface area contributed by atoms with Gasteiger partial charge in [0, 0.05) is 6.42 Å². The molecule has 238 valence electrons. The molecular weight excluding hydrogens is 520 g/mol. The van der Waals surface area contributed by atoms with Gasteiger partial charge in [0.05, 0.1) is 19.5 Å². The number of hydrogen-bond donors (Lipinski definition) is 0. The SMILES string of the molecule is CCCCCCCCCCCCCCCn1c(CC(C)c2ccccc2)c[n+](CCCCCCC)c1Cc1ccccc1. The van der Waals surface area contributed by atoms with Gasteiger partial charge in [0.15, 0.2) is 0 Å². The summed E-state index contributed by atoms with van der Waals surface area (Å²) in [7, 11) is 0.